The molecule has 2 aliphatic rings. The third-order valence-electron chi connectivity index (χ3n) is 3.15. The van der Waals surface area contributed by atoms with Gasteiger partial charge in [-0.05, 0) is 18.4 Å². The number of ketones is 1. The maximum absolute atomic E-state index is 11.8. The maximum atomic E-state index is 11.8. The zero-order chi connectivity index (χ0) is 10.4. The Labute approximate surface area is 85.2 Å². The molecule has 2 fully saturated rings. The van der Waals surface area contributed by atoms with Crippen LogP contribution in [0.15, 0.2) is 0 Å². The summed E-state index contributed by atoms with van der Waals surface area (Å²) in [6.07, 6.45) is 1.37. The second-order valence-corrected chi connectivity index (χ2v) is 5.62. The summed E-state index contributed by atoms with van der Waals surface area (Å²) in [4.78, 5) is 11.8. The summed E-state index contributed by atoms with van der Waals surface area (Å²) >= 11 is 0. The molecule has 80 valence electrons. The fourth-order valence-corrected chi connectivity index (χ4v) is 2.40. The van der Waals surface area contributed by atoms with E-state index in [9.17, 15) is 4.79 Å². The third kappa shape index (κ3) is 1.59. The monoisotopic (exact) mass is 197 g/mol. The van der Waals surface area contributed by atoms with Crippen molar-refractivity contribution in [2.75, 3.05) is 13.1 Å². The minimum atomic E-state index is -0.206. The average molecular weight is 197 g/mol. The van der Waals surface area contributed by atoms with Crippen LogP contribution in [0.2, 0.25) is 0 Å². The highest BCUT2D eigenvalue weighted by molar-refractivity contribution is 5.86. The van der Waals surface area contributed by atoms with Gasteiger partial charge in [0.05, 0.1) is 5.60 Å². The third-order valence-corrected chi connectivity index (χ3v) is 3.15. The first-order chi connectivity index (χ1) is 6.43. The van der Waals surface area contributed by atoms with Crippen molar-refractivity contribution in [2.24, 2.45) is 5.41 Å². The molecule has 1 N–H and O–H groups in total. The van der Waals surface area contributed by atoms with Gasteiger partial charge in [-0.3, -0.25) is 4.79 Å². The largest absolute Gasteiger partial charge is 0.362 e. The van der Waals surface area contributed by atoms with Gasteiger partial charge in [0.2, 0.25) is 0 Å². The van der Waals surface area contributed by atoms with Crippen LogP contribution in [-0.2, 0) is 9.53 Å². The van der Waals surface area contributed by atoms with Gasteiger partial charge in [-0.15, -0.1) is 0 Å². The van der Waals surface area contributed by atoms with Gasteiger partial charge < -0.3 is 10.1 Å². The number of ether oxygens (including phenoxy) is 1. The minimum Gasteiger partial charge on any atom is -0.362 e. The molecule has 0 aromatic rings. The number of carbonyl (C=O) groups is 1. The molecule has 0 bridgehead atoms. The van der Waals surface area contributed by atoms with E-state index in [1.165, 1.54) is 0 Å². The van der Waals surface area contributed by atoms with Crippen molar-refractivity contribution in [3.63, 3.8) is 0 Å². The molecule has 2 aliphatic heterocycles. The average Bonchev–Trinajstić information content (AvgIpc) is 2.59. The molecule has 3 heteroatoms. The van der Waals surface area contributed by atoms with Gasteiger partial charge in [-0.2, -0.15) is 0 Å². The van der Waals surface area contributed by atoms with Gasteiger partial charge in [0.1, 0.15) is 6.10 Å². The Hall–Kier alpha value is -0.410. The van der Waals surface area contributed by atoms with E-state index in [4.69, 9.17) is 4.74 Å². The molecular weight excluding hydrogens is 178 g/mol. The lowest BCUT2D eigenvalue weighted by Crippen LogP contribution is -2.36. The number of Topliss-reactive ketones (excluding diaryl/α,β-unsaturated/α-hetero) is 1. The molecule has 3 nitrogen and oxygen atoms in total. The van der Waals surface area contributed by atoms with Crippen molar-refractivity contribution in [3.8, 4) is 0 Å². The first-order valence-electron chi connectivity index (χ1n) is 5.34. The Balaban J connectivity index is 2.14. The summed E-state index contributed by atoms with van der Waals surface area (Å²) in [5.74, 6) is 0.279. The van der Waals surface area contributed by atoms with Gasteiger partial charge in [0, 0.05) is 13.0 Å². The Kier molecular flexibility index (Phi) is 2.20. The second kappa shape index (κ2) is 3.04. The second-order valence-electron chi connectivity index (χ2n) is 5.62. The number of rotatable bonds is 0. The van der Waals surface area contributed by atoms with Gasteiger partial charge in [0.15, 0.2) is 5.78 Å². The van der Waals surface area contributed by atoms with Gasteiger partial charge in [-0.1, -0.05) is 20.8 Å². The first-order valence-corrected chi connectivity index (χ1v) is 5.34. The Morgan fingerprint density at radius 1 is 1.50 bits per heavy atom. The first kappa shape index (κ1) is 10.1. The van der Waals surface area contributed by atoms with Crippen molar-refractivity contribution in [1.29, 1.82) is 0 Å². The Bertz CT molecular complexity index is 249. The van der Waals surface area contributed by atoms with E-state index in [0.29, 0.717) is 6.42 Å². The molecule has 2 atom stereocenters. The highest BCUT2D eigenvalue weighted by Gasteiger charge is 2.50. The molecule has 0 amide bonds. The summed E-state index contributed by atoms with van der Waals surface area (Å²) < 4.78 is 5.97. The molecule has 0 aromatic carbocycles. The number of hydrogen-bond donors (Lipinski definition) is 1. The summed E-state index contributed by atoms with van der Waals surface area (Å²) in [6.45, 7) is 8.01. The zero-order valence-corrected chi connectivity index (χ0v) is 9.22. The van der Waals surface area contributed by atoms with Crippen LogP contribution in [0.4, 0.5) is 0 Å². The minimum absolute atomic E-state index is 0.0663. The number of nitrogens with one attached hydrogen (secondary N) is 1. The van der Waals surface area contributed by atoms with Crippen LogP contribution in [0.5, 0.6) is 0 Å². The van der Waals surface area contributed by atoms with E-state index >= 15 is 0 Å². The zero-order valence-electron chi connectivity index (χ0n) is 9.22. The molecule has 14 heavy (non-hydrogen) atoms. The predicted octanol–water partition coefficient (Wildman–Crippen LogP) is 1.12. The maximum Gasteiger partial charge on any atom is 0.165 e. The van der Waals surface area contributed by atoms with E-state index in [1.807, 2.05) is 0 Å². The summed E-state index contributed by atoms with van der Waals surface area (Å²) in [7, 11) is 0. The van der Waals surface area contributed by atoms with E-state index in [1.54, 1.807) is 0 Å². The van der Waals surface area contributed by atoms with Crippen LogP contribution >= 0.6 is 0 Å². The van der Waals surface area contributed by atoms with Crippen molar-refractivity contribution in [2.45, 2.75) is 45.3 Å². The lowest BCUT2D eigenvalue weighted by molar-refractivity contribution is -0.130. The van der Waals surface area contributed by atoms with Crippen LogP contribution in [-0.4, -0.2) is 30.6 Å². The fourth-order valence-electron chi connectivity index (χ4n) is 2.40. The highest BCUT2D eigenvalue weighted by atomic mass is 16.5. The van der Waals surface area contributed by atoms with Crippen molar-refractivity contribution in [1.82, 2.24) is 5.32 Å². The van der Waals surface area contributed by atoms with Crippen LogP contribution in [0, 0.1) is 5.41 Å². The molecule has 0 saturated carbocycles. The molecule has 0 aromatic heterocycles. The van der Waals surface area contributed by atoms with E-state index in [2.05, 4.69) is 26.1 Å². The molecule has 0 radical (unpaired) electrons. The lowest BCUT2D eigenvalue weighted by Gasteiger charge is -2.28. The lowest BCUT2D eigenvalue weighted by atomic mass is 9.86. The molecule has 0 aliphatic carbocycles. The molecule has 2 heterocycles. The molecule has 1 spiro atoms. The number of carbonyl (C=O) groups excluding carboxylic acids is 1. The summed E-state index contributed by atoms with van der Waals surface area (Å²) in [6, 6.07) is 0. The van der Waals surface area contributed by atoms with Crippen molar-refractivity contribution < 1.29 is 9.53 Å². The topological polar surface area (TPSA) is 38.3 Å². The Morgan fingerprint density at radius 3 is 2.64 bits per heavy atom. The normalized spacial score (nSPS) is 38.5. The van der Waals surface area contributed by atoms with Crippen LogP contribution < -0.4 is 5.32 Å². The standard InChI is InChI=1S/C11H19NO2/c1-10(2,3)9-8(13)6-11(14-9)4-5-12-7-11/h9,12H,4-7H2,1-3H3. The van der Waals surface area contributed by atoms with E-state index in [0.717, 1.165) is 19.5 Å². The predicted molar refractivity (Wildman–Crippen MR) is 54.2 cm³/mol. The summed E-state index contributed by atoms with van der Waals surface area (Å²) in [5.41, 5.74) is -0.238. The molecule has 2 rings (SSSR count). The highest BCUT2D eigenvalue weighted by Crippen LogP contribution is 2.39. The summed E-state index contributed by atoms with van der Waals surface area (Å²) in [5, 5.41) is 3.27. The van der Waals surface area contributed by atoms with Crippen molar-refractivity contribution in [3.05, 3.63) is 0 Å². The van der Waals surface area contributed by atoms with Gasteiger partial charge in [0.25, 0.3) is 0 Å². The molecule has 2 saturated heterocycles. The van der Waals surface area contributed by atoms with E-state index < -0.39 is 0 Å². The van der Waals surface area contributed by atoms with Crippen LogP contribution in [0.1, 0.15) is 33.6 Å². The van der Waals surface area contributed by atoms with Crippen LogP contribution in [0.3, 0.4) is 0 Å². The fraction of sp³-hybridized carbons (Fsp3) is 0.909. The SMILES string of the molecule is CC(C)(C)C1OC2(CCNC2)CC1=O. The number of hydrogen-bond acceptors (Lipinski definition) is 3. The van der Waals surface area contributed by atoms with Crippen LogP contribution in [0.25, 0.3) is 0 Å². The smallest absolute Gasteiger partial charge is 0.165 e. The van der Waals surface area contributed by atoms with Gasteiger partial charge in [-0.25, -0.2) is 0 Å². The van der Waals surface area contributed by atoms with Crippen molar-refractivity contribution >= 4 is 5.78 Å². The Morgan fingerprint density at radius 2 is 2.21 bits per heavy atom. The molecular formula is C11H19NO2. The molecule has 2 unspecified atom stereocenters. The van der Waals surface area contributed by atoms with Gasteiger partial charge >= 0.3 is 0 Å². The quantitative estimate of drug-likeness (QED) is 0.632. The van der Waals surface area contributed by atoms with E-state index in [-0.39, 0.29) is 22.9 Å².